The van der Waals surface area contributed by atoms with E-state index in [9.17, 15) is 9.90 Å². The molecule has 0 aliphatic carbocycles. The second-order valence-corrected chi connectivity index (χ2v) is 5.93. The summed E-state index contributed by atoms with van der Waals surface area (Å²) in [4.78, 5) is 12.3. The fourth-order valence-electron chi connectivity index (χ4n) is 2.62. The predicted molar refractivity (Wildman–Crippen MR) is 94.3 cm³/mol. The molecule has 2 aromatic carbocycles. The van der Waals surface area contributed by atoms with Crippen LogP contribution in [0.3, 0.4) is 0 Å². The van der Waals surface area contributed by atoms with E-state index in [1.165, 1.54) is 0 Å². The SMILES string of the molecule is CC(CC(O)c1ccccc1)NC(=O)c1ccc(-n2ccnn2)cc1. The first-order valence-corrected chi connectivity index (χ1v) is 8.14. The van der Waals surface area contributed by atoms with Gasteiger partial charge in [0, 0.05) is 11.6 Å². The zero-order valence-electron chi connectivity index (χ0n) is 13.9. The first-order valence-electron chi connectivity index (χ1n) is 8.14. The summed E-state index contributed by atoms with van der Waals surface area (Å²) in [6, 6.07) is 16.4. The minimum absolute atomic E-state index is 0.155. The molecule has 2 unspecified atom stereocenters. The molecule has 0 saturated carbocycles. The molecule has 25 heavy (non-hydrogen) atoms. The van der Waals surface area contributed by atoms with Crippen molar-refractivity contribution in [2.75, 3.05) is 0 Å². The van der Waals surface area contributed by atoms with E-state index in [0.29, 0.717) is 12.0 Å². The number of benzene rings is 2. The lowest BCUT2D eigenvalue weighted by atomic mass is 10.0. The summed E-state index contributed by atoms with van der Waals surface area (Å²) in [6.07, 6.45) is 3.18. The third-order valence-electron chi connectivity index (χ3n) is 3.96. The van der Waals surface area contributed by atoms with Crippen LogP contribution in [-0.4, -0.2) is 32.0 Å². The van der Waals surface area contributed by atoms with Crippen molar-refractivity contribution in [3.05, 3.63) is 78.1 Å². The van der Waals surface area contributed by atoms with Gasteiger partial charge in [-0.3, -0.25) is 4.79 Å². The maximum absolute atomic E-state index is 12.3. The number of nitrogens with zero attached hydrogens (tertiary/aromatic N) is 3. The number of hydrogen-bond donors (Lipinski definition) is 2. The summed E-state index contributed by atoms with van der Waals surface area (Å²) in [5, 5.41) is 20.8. The van der Waals surface area contributed by atoms with E-state index in [1.807, 2.05) is 49.4 Å². The van der Waals surface area contributed by atoms with Gasteiger partial charge >= 0.3 is 0 Å². The fraction of sp³-hybridized carbons (Fsp3) is 0.211. The Labute approximate surface area is 146 Å². The summed E-state index contributed by atoms with van der Waals surface area (Å²) in [5.74, 6) is -0.169. The molecule has 3 aromatic rings. The minimum atomic E-state index is -0.605. The maximum Gasteiger partial charge on any atom is 0.251 e. The number of amides is 1. The lowest BCUT2D eigenvalue weighted by molar-refractivity contribution is 0.0917. The largest absolute Gasteiger partial charge is 0.388 e. The van der Waals surface area contributed by atoms with Crippen molar-refractivity contribution in [1.82, 2.24) is 20.3 Å². The fourth-order valence-corrected chi connectivity index (χ4v) is 2.62. The van der Waals surface area contributed by atoms with E-state index in [4.69, 9.17) is 0 Å². The molecule has 0 spiro atoms. The summed E-state index contributed by atoms with van der Waals surface area (Å²) in [5.41, 5.74) is 2.24. The standard InChI is InChI=1S/C19H20N4O2/c1-14(13-18(24)15-5-3-2-4-6-15)21-19(25)16-7-9-17(10-8-16)23-12-11-20-22-23/h2-12,14,18,24H,13H2,1H3,(H,21,25). The molecule has 6 heteroatoms. The number of aromatic nitrogens is 3. The van der Waals surface area contributed by atoms with Crippen LogP contribution in [0.2, 0.25) is 0 Å². The van der Waals surface area contributed by atoms with Crippen LogP contribution in [0, 0.1) is 0 Å². The summed E-state index contributed by atoms with van der Waals surface area (Å²) in [7, 11) is 0. The van der Waals surface area contributed by atoms with E-state index in [1.54, 1.807) is 29.2 Å². The molecule has 0 aliphatic rings. The highest BCUT2D eigenvalue weighted by atomic mass is 16.3. The quantitative estimate of drug-likeness (QED) is 0.725. The van der Waals surface area contributed by atoms with E-state index in [0.717, 1.165) is 11.3 Å². The molecule has 128 valence electrons. The van der Waals surface area contributed by atoms with Crippen LogP contribution in [0.25, 0.3) is 5.69 Å². The molecule has 1 amide bonds. The molecule has 2 N–H and O–H groups in total. The predicted octanol–water partition coefficient (Wildman–Crippen LogP) is 2.51. The van der Waals surface area contributed by atoms with Gasteiger partial charge in [-0.1, -0.05) is 35.5 Å². The van der Waals surface area contributed by atoms with Crippen LogP contribution >= 0.6 is 0 Å². The Morgan fingerprint density at radius 3 is 2.52 bits per heavy atom. The lowest BCUT2D eigenvalue weighted by Crippen LogP contribution is -2.33. The highest BCUT2D eigenvalue weighted by Crippen LogP contribution is 2.18. The van der Waals surface area contributed by atoms with Gasteiger partial charge in [0.2, 0.25) is 0 Å². The van der Waals surface area contributed by atoms with E-state index in [2.05, 4.69) is 15.6 Å². The number of nitrogens with one attached hydrogen (secondary N) is 1. The topological polar surface area (TPSA) is 80.0 Å². The Balaban J connectivity index is 1.58. The Bertz CT molecular complexity index is 801. The average molecular weight is 336 g/mol. The lowest BCUT2D eigenvalue weighted by Gasteiger charge is -2.18. The Kier molecular flexibility index (Phi) is 5.20. The number of aliphatic hydroxyl groups excluding tert-OH is 1. The van der Waals surface area contributed by atoms with Crippen molar-refractivity contribution in [2.24, 2.45) is 0 Å². The molecule has 1 aromatic heterocycles. The number of carbonyl (C=O) groups is 1. The molecule has 6 nitrogen and oxygen atoms in total. The van der Waals surface area contributed by atoms with Crippen molar-refractivity contribution in [3.8, 4) is 5.69 Å². The normalized spacial score (nSPS) is 13.2. The zero-order valence-corrected chi connectivity index (χ0v) is 13.9. The van der Waals surface area contributed by atoms with E-state index in [-0.39, 0.29) is 11.9 Å². The number of hydrogen-bond acceptors (Lipinski definition) is 4. The number of carbonyl (C=O) groups excluding carboxylic acids is 1. The second kappa shape index (κ2) is 7.72. The van der Waals surface area contributed by atoms with Crippen molar-refractivity contribution >= 4 is 5.91 Å². The number of rotatable bonds is 6. The van der Waals surface area contributed by atoms with Crippen LogP contribution in [0.5, 0.6) is 0 Å². The monoisotopic (exact) mass is 336 g/mol. The molecule has 0 aliphatic heterocycles. The maximum atomic E-state index is 12.3. The van der Waals surface area contributed by atoms with E-state index < -0.39 is 6.10 Å². The molecule has 0 radical (unpaired) electrons. The average Bonchev–Trinajstić information content (AvgIpc) is 3.17. The summed E-state index contributed by atoms with van der Waals surface area (Å²) in [6.45, 7) is 1.88. The molecule has 1 heterocycles. The van der Waals surface area contributed by atoms with Gasteiger partial charge in [0.25, 0.3) is 5.91 Å². The van der Waals surface area contributed by atoms with Gasteiger partial charge in [-0.05, 0) is 43.2 Å². The Morgan fingerprint density at radius 1 is 1.16 bits per heavy atom. The smallest absolute Gasteiger partial charge is 0.251 e. The Morgan fingerprint density at radius 2 is 1.88 bits per heavy atom. The van der Waals surface area contributed by atoms with Crippen LogP contribution in [0.15, 0.2) is 67.0 Å². The van der Waals surface area contributed by atoms with Crippen molar-refractivity contribution in [1.29, 1.82) is 0 Å². The first-order chi connectivity index (χ1) is 12.1. The Hall–Kier alpha value is -2.99. The van der Waals surface area contributed by atoms with Crippen molar-refractivity contribution < 1.29 is 9.90 Å². The molecule has 0 fully saturated rings. The highest BCUT2D eigenvalue weighted by Gasteiger charge is 2.15. The van der Waals surface area contributed by atoms with E-state index >= 15 is 0 Å². The molecular weight excluding hydrogens is 316 g/mol. The third-order valence-corrected chi connectivity index (χ3v) is 3.96. The van der Waals surface area contributed by atoms with Gasteiger partial charge in [0.05, 0.1) is 24.2 Å². The van der Waals surface area contributed by atoms with Crippen molar-refractivity contribution in [3.63, 3.8) is 0 Å². The van der Waals surface area contributed by atoms with Crippen LogP contribution in [0.1, 0.15) is 35.4 Å². The van der Waals surface area contributed by atoms with Gasteiger partial charge < -0.3 is 10.4 Å². The molecule has 2 atom stereocenters. The van der Waals surface area contributed by atoms with Gasteiger partial charge in [0.1, 0.15) is 0 Å². The first kappa shape index (κ1) is 16.9. The molecular formula is C19H20N4O2. The van der Waals surface area contributed by atoms with Gasteiger partial charge in [-0.25, -0.2) is 4.68 Å². The van der Waals surface area contributed by atoms with Crippen LogP contribution in [-0.2, 0) is 0 Å². The van der Waals surface area contributed by atoms with Crippen molar-refractivity contribution in [2.45, 2.75) is 25.5 Å². The molecule has 0 bridgehead atoms. The zero-order chi connectivity index (χ0) is 17.6. The number of aliphatic hydroxyl groups is 1. The summed E-state index contributed by atoms with van der Waals surface area (Å²) < 4.78 is 1.63. The minimum Gasteiger partial charge on any atom is -0.388 e. The highest BCUT2D eigenvalue weighted by molar-refractivity contribution is 5.94. The van der Waals surface area contributed by atoms with Gasteiger partial charge in [-0.2, -0.15) is 0 Å². The van der Waals surface area contributed by atoms with Crippen LogP contribution < -0.4 is 5.32 Å². The molecule has 0 saturated heterocycles. The second-order valence-electron chi connectivity index (χ2n) is 5.93. The van der Waals surface area contributed by atoms with Gasteiger partial charge in [-0.15, -0.1) is 5.10 Å². The summed E-state index contributed by atoms with van der Waals surface area (Å²) >= 11 is 0. The molecule has 3 rings (SSSR count). The van der Waals surface area contributed by atoms with Crippen LogP contribution in [0.4, 0.5) is 0 Å². The third kappa shape index (κ3) is 4.30. The van der Waals surface area contributed by atoms with Gasteiger partial charge in [0.15, 0.2) is 0 Å².